The summed E-state index contributed by atoms with van der Waals surface area (Å²) in [4.78, 5) is 33.2. The Hall–Kier alpha value is -0.990. The quantitative estimate of drug-likeness (QED) is 0.302. The van der Waals surface area contributed by atoms with Crippen molar-refractivity contribution in [2.45, 2.75) is 20.0 Å². The second kappa shape index (κ2) is 9.22. The summed E-state index contributed by atoms with van der Waals surface area (Å²) in [7, 11) is 1.14. The highest BCUT2D eigenvalue weighted by Gasteiger charge is 2.19. The summed E-state index contributed by atoms with van der Waals surface area (Å²) in [5.74, 6) is -1.23. The van der Waals surface area contributed by atoms with Gasteiger partial charge in [-0.25, -0.2) is 0 Å². The first-order chi connectivity index (χ1) is 9.91. The van der Waals surface area contributed by atoms with Crippen molar-refractivity contribution in [1.82, 2.24) is 0 Å². The molecule has 9 nitrogen and oxygen atoms in total. The Bertz CT molecular complexity index is 420. The molecule has 0 aromatic heterocycles. The fraction of sp³-hybridized carbons (Fsp3) is 0.833. The van der Waals surface area contributed by atoms with Crippen LogP contribution in [0.5, 0.6) is 0 Å². The van der Waals surface area contributed by atoms with E-state index in [9.17, 15) is 19.0 Å². The Labute approximate surface area is 130 Å². The van der Waals surface area contributed by atoms with Gasteiger partial charge in [0.2, 0.25) is 0 Å². The van der Waals surface area contributed by atoms with Gasteiger partial charge in [0.15, 0.2) is 6.10 Å². The molecule has 0 radical (unpaired) electrons. The Balaban J connectivity index is 4.32. The van der Waals surface area contributed by atoms with Crippen molar-refractivity contribution in [3.8, 4) is 0 Å². The SMILES string of the molecule is CC(=O)OC[C@@H](COP(=O)([O-])OCC[N+](C)(C)C)OC(C)=O. The molecule has 0 heterocycles. The monoisotopic (exact) mass is 341 g/mol. The number of carbonyl (C=O) groups is 2. The number of phosphoric acid groups is 1. The van der Waals surface area contributed by atoms with Crippen LogP contribution in [0, 0.1) is 0 Å². The van der Waals surface area contributed by atoms with E-state index in [-0.39, 0.29) is 13.2 Å². The minimum atomic E-state index is -4.52. The van der Waals surface area contributed by atoms with Gasteiger partial charge in [0, 0.05) is 13.8 Å². The summed E-state index contributed by atoms with van der Waals surface area (Å²) in [6.45, 7) is 1.97. The van der Waals surface area contributed by atoms with Gasteiger partial charge in [0.25, 0.3) is 7.82 Å². The molecule has 10 heteroatoms. The molecule has 0 rings (SSSR count). The van der Waals surface area contributed by atoms with Crippen molar-refractivity contribution in [2.24, 2.45) is 0 Å². The summed E-state index contributed by atoms with van der Waals surface area (Å²) < 4.78 is 30.9. The number of hydrogen-bond acceptors (Lipinski definition) is 8. The van der Waals surface area contributed by atoms with Gasteiger partial charge >= 0.3 is 11.9 Å². The van der Waals surface area contributed by atoms with Gasteiger partial charge in [0.05, 0.1) is 27.7 Å². The number of rotatable bonds is 10. The van der Waals surface area contributed by atoms with E-state index in [1.54, 1.807) is 0 Å². The lowest BCUT2D eigenvalue weighted by Gasteiger charge is -2.28. The predicted octanol–water partition coefficient (Wildman–Crippen LogP) is -0.311. The van der Waals surface area contributed by atoms with Crippen LogP contribution in [-0.4, -0.2) is 70.0 Å². The van der Waals surface area contributed by atoms with E-state index in [1.807, 2.05) is 21.1 Å². The Kier molecular flexibility index (Phi) is 8.80. The summed E-state index contributed by atoms with van der Waals surface area (Å²) in [5.41, 5.74) is 0. The average Bonchev–Trinajstić information content (AvgIpc) is 2.30. The van der Waals surface area contributed by atoms with Crippen molar-refractivity contribution < 1.29 is 42.1 Å². The van der Waals surface area contributed by atoms with E-state index >= 15 is 0 Å². The largest absolute Gasteiger partial charge is 0.756 e. The maximum absolute atomic E-state index is 11.6. The zero-order chi connectivity index (χ0) is 17.4. The van der Waals surface area contributed by atoms with Crippen LogP contribution in [-0.2, 0) is 32.7 Å². The first-order valence-electron chi connectivity index (χ1n) is 6.62. The molecule has 130 valence electrons. The first kappa shape index (κ1) is 21.0. The molecular formula is C12H24NO8P. The van der Waals surface area contributed by atoms with Crippen LogP contribution in [0.15, 0.2) is 0 Å². The third-order valence-corrected chi connectivity index (χ3v) is 3.20. The van der Waals surface area contributed by atoms with Gasteiger partial charge in [-0.15, -0.1) is 0 Å². The predicted molar refractivity (Wildman–Crippen MR) is 74.6 cm³/mol. The van der Waals surface area contributed by atoms with E-state index in [4.69, 9.17) is 9.26 Å². The van der Waals surface area contributed by atoms with Crippen LogP contribution >= 0.6 is 7.82 Å². The molecule has 0 aliphatic heterocycles. The molecular weight excluding hydrogens is 317 g/mol. The number of carbonyl (C=O) groups excluding carboxylic acids is 2. The maximum Gasteiger partial charge on any atom is 0.303 e. The molecule has 0 aromatic carbocycles. The van der Waals surface area contributed by atoms with Gasteiger partial charge < -0.3 is 27.9 Å². The number of esters is 2. The summed E-state index contributed by atoms with van der Waals surface area (Å²) in [6, 6.07) is 0. The van der Waals surface area contributed by atoms with Gasteiger partial charge in [-0.1, -0.05) is 0 Å². The van der Waals surface area contributed by atoms with Gasteiger partial charge in [-0.05, 0) is 0 Å². The molecule has 22 heavy (non-hydrogen) atoms. The molecule has 0 saturated carbocycles. The fourth-order valence-corrected chi connectivity index (χ4v) is 1.93. The van der Waals surface area contributed by atoms with Crippen LogP contribution < -0.4 is 4.89 Å². The number of phosphoric ester groups is 1. The van der Waals surface area contributed by atoms with Crippen molar-refractivity contribution >= 4 is 19.8 Å². The maximum atomic E-state index is 11.6. The van der Waals surface area contributed by atoms with E-state index in [0.717, 1.165) is 6.92 Å². The first-order valence-corrected chi connectivity index (χ1v) is 8.08. The van der Waals surface area contributed by atoms with Gasteiger partial charge in [-0.3, -0.25) is 14.2 Å². The zero-order valence-corrected chi connectivity index (χ0v) is 14.5. The Morgan fingerprint density at radius 3 is 2.14 bits per heavy atom. The molecule has 0 N–H and O–H groups in total. The van der Waals surface area contributed by atoms with Gasteiger partial charge in [0.1, 0.15) is 19.8 Å². The number of likely N-dealkylation sites (N-methyl/N-ethyl adjacent to an activating group) is 1. The minimum absolute atomic E-state index is 0.0353. The number of quaternary nitrogens is 1. The van der Waals surface area contributed by atoms with Crippen molar-refractivity contribution in [3.63, 3.8) is 0 Å². The molecule has 0 aromatic rings. The van der Waals surface area contributed by atoms with Crippen LogP contribution in [0.4, 0.5) is 0 Å². The Morgan fingerprint density at radius 2 is 1.68 bits per heavy atom. The molecule has 0 aliphatic carbocycles. The third-order valence-electron chi connectivity index (χ3n) is 2.24. The van der Waals surface area contributed by atoms with Crippen LogP contribution in [0.3, 0.4) is 0 Å². The van der Waals surface area contributed by atoms with Crippen molar-refractivity contribution in [1.29, 1.82) is 0 Å². The van der Waals surface area contributed by atoms with Crippen molar-refractivity contribution in [3.05, 3.63) is 0 Å². The number of ether oxygens (including phenoxy) is 2. The third kappa shape index (κ3) is 12.7. The molecule has 1 unspecified atom stereocenters. The van der Waals surface area contributed by atoms with Gasteiger partial charge in [-0.2, -0.15) is 0 Å². The lowest BCUT2D eigenvalue weighted by atomic mass is 10.4. The second-order valence-corrected chi connectivity index (χ2v) is 7.03. The minimum Gasteiger partial charge on any atom is -0.756 e. The second-order valence-electron chi connectivity index (χ2n) is 5.62. The fourth-order valence-electron chi connectivity index (χ4n) is 1.20. The highest BCUT2D eigenvalue weighted by atomic mass is 31.2. The summed E-state index contributed by atoms with van der Waals surface area (Å²) >= 11 is 0. The summed E-state index contributed by atoms with van der Waals surface area (Å²) in [6.07, 6.45) is -1.02. The zero-order valence-electron chi connectivity index (χ0n) is 13.6. The lowest BCUT2D eigenvalue weighted by molar-refractivity contribution is -0.870. The van der Waals surface area contributed by atoms with Crippen LogP contribution in [0.25, 0.3) is 0 Å². The molecule has 0 saturated heterocycles. The summed E-state index contributed by atoms with van der Waals surface area (Å²) in [5, 5.41) is 0. The normalized spacial score (nSPS) is 15.7. The molecule has 0 amide bonds. The smallest absolute Gasteiger partial charge is 0.303 e. The topological polar surface area (TPSA) is 111 Å². The molecule has 0 spiro atoms. The van der Waals surface area contributed by atoms with Crippen molar-refractivity contribution in [2.75, 3.05) is 47.5 Å². The Morgan fingerprint density at radius 1 is 1.09 bits per heavy atom. The standard InChI is InChI=1S/C12H24NO8P/c1-10(14)18-8-12(21-11(2)15)9-20-22(16,17)19-7-6-13(3,4)5/h12H,6-9H2,1-5H3/t12-/m0/s1. The lowest BCUT2D eigenvalue weighted by Crippen LogP contribution is -2.37. The van der Waals surface area contributed by atoms with E-state index in [1.165, 1.54) is 6.92 Å². The van der Waals surface area contributed by atoms with E-state index in [2.05, 4.69) is 9.26 Å². The van der Waals surface area contributed by atoms with Crippen LogP contribution in [0.1, 0.15) is 13.8 Å². The number of nitrogens with zero attached hydrogens (tertiary/aromatic N) is 1. The number of hydrogen-bond donors (Lipinski definition) is 0. The van der Waals surface area contributed by atoms with Crippen LogP contribution in [0.2, 0.25) is 0 Å². The average molecular weight is 341 g/mol. The highest BCUT2D eigenvalue weighted by molar-refractivity contribution is 7.45. The molecule has 0 aliphatic rings. The highest BCUT2D eigenvalue weighted by Crippen LogP contribution is 2.38. The molecule has 0 bridgehead atoms. The molecule has 2 atom stereocenters. The van der Waals surface area contributed by atoms with E-state index < -0.39 is 32.5 Å². The van der Waals surface area contributed by atoms with E-state index in [0.29, 0.717) is 11.0 Å². The molecule has 0 fully saturated rings.